The normalized spacial score (nSPS) is 10.4. The second-order valence-electron chi connectivity index (χ2n) is 4.64. The summed E-state index contributed by atoms with van der Waals surface area (Å²) in [6, 6.07) is 10.5. The number of anilines is 2. The van der Waals surface area contributed by atoms with E-state index in [1.165, 1.54) is 12.3 Å². The number of carboxylic acids is 1. The van der Waals surface area contributed by atoms with E-state index in [4.69, 9.17) is 5.11 Å². The number of rotatable bonds is 6. The highest BCUT2D eigenvalue weighted by Crippen LogP contribution is 2.27. The SMILES string of the molecule is CCCCN(c1ccccc1)c1nccc(C(=O)O)c1F. The van der Waals surface area contributed by atoms with Gasteiger partial charge in [0.2, 0.25) is 0 Å². The Morgan fingerprint density at radius 1 is 1.29 bits per heavy atom. The Bertz CT molecular complexity index is 617. The first kappa shape index (κ1) is 15.0. The highest BCUT2D eigenvalue weighted by molar-refractivity contribution is 5.89. The molecule has 1 heterocycles. The van der Waals surface area contributed by atoms with Crippen molar-refractivity contribution in [2.45, 2.75) is 19.8 Å². The molecule has 0 fully saturated rings. The third kappa shape index (κ3) is 3.37. The topological polar surface area (TPSA) is 53.4 Å². The van der Waals surface area contributed by atoms with Gasteiger partial charge in [-0.2, -0.15) is 0 Å². The largest absolute Gasteiger partial charge is 0.478 e. The monoisotopic (exact) mass is 288 g/mol. The van der Waals surface area contributed by atoms with E-state index in [9.17, 15) is 9.18 Å². The van der Waals surface area contributed by atoms with Gasteiger partial charge in [0.25, 0.3) is 0 Å². The number of halogens is 1. The van der Waals surface area contributed by atoms with Crippen LogP contribution in [0.25, 0.3) is 0 Å². The Hall–Kier alpha value is -2.43. The second-order valence-corrected chi connectivity index (χ2v) is 4.64. The van der Waals surface area contributed by atoms with Gasteiger partial charge in [0.05, 0.1) is 0 Å². The zero-order valence-electron chi connectivity index (χ0n) is 11.8. The van der Waals surface area contributed by atoms with Gasteiger partial charge in [-0.3, -0.25) is 0 Å². The van der Waals surface area contributed by atoms with Gasteiger partial charge in [0.15, 0.2) is 11.6 Å². The molecule has 110 valence electrons. The summed E-state index contributed by atoms with van der Waals surface area (Å²) in [5.41, 5.74) is 0.428. The van der Waals surface area contributed by atoms with E-state index < -0.39 is 11.8 Å². The molecule has 0 spiro atoms. The fourth-order valence-corrected chi connectivity index (χ4v) is 2.07. The van der Waals surface area contributed by atoms with Crippen molar-refractivity contribution in [2.24, 2.45) is 0 Å². The van der Waals surface area contributed by atoms with Crippen molar-refractivity contribution in [1.82, 2.24) is 4.98 Å². The number of hydrogen-bond donors (Lipinski definition) is 1. The number of aromatic carboxylic acids is 1. The summed E-state index contributed by atoms with van der Waals surface area (Å²) < 4.78 is 14.4. The third-order valence-electron chi connectivity index (χ3n) is 3.16. The lowest BCUT2D eigenvalue weighted by molar-refractivity contribution is 0.0692. The Balaban J connectivity index is 2.47. The molecular weight excluding hydrogens is 271 g/mol. The van der Waals surface area contributed by atoms with Crippen molar-refractivity contribution in [3.8, 4) is 0 Å². The molecule has 0 aliphatic carbocycles. The number of para-hydroxylation sites is 1. The minimum atomic E-state index is -1.29. The number of hydrogen-bond acceptors (Lipinski definition) is 3. The lowest BCUT2D eigenvalue weighted by Gasteiger charge is -2.24. The maximum Gasteiger partial charge on any atom is 0.338 e. The van der Waals surface area contributed by atoms with Crippen LogP contribution in [0, 0.1) is 5.82 Å². The minimum absolute atomic E-state index is 0.0505. The Labute approximate surface area is 122 Å². The molecule has 1 N–H and O–H groups in total. The molecule has 0 aliphatic rings. The van der Waals surface area contributed by atoms with Crippen molar-refractivity contribution in [3.63, 3.8) is 0 Å². The van der Waals surface area contributed by atoms with Crippen LogP contribution in [-0.4, -0.2) is 22.6 Å². The van der Waals surface area contributed by atoms with Gasteiger partial charge in [-0.05, 0) is 24.6 Å². The maximum atomic E-state index is 14.4. The Kier molecular flexibility index (Phi) is 4.87. The first-order valence-electron chi connectivity index (χ1n) is 6.85. The number of carbonyl (C=O) groups is 1. The van der Waals surface area contributed by atoms with Gasteiger partial charge in [0, 0.05) is 18.4 Å². The average Bonchev–Trinajstić information content (AvgIpc) is 2.50. The maximum absolute atomic E-state index is 14.4. The van der Waals surface area contributed by atoms with Crippen molar-refractivity contribution in [1.29, 1.82) is 0 Å². The molecule has 0 atom stereocenters. The number of aromatic nitrogens is 1. The molecular formula is C16H17FN2O2. The lowest BCUT2D eigenvalue weighted by atomic mass is 10.2. The molecule has 2 aromatic rings. The summed E-state index contributed by atoms with van der Waals surface area (Å²) in [7, 11) is 0. The summed E-state index contributed by atoms with van der Waals surface area (Å²) in [4.78, 5) is 16.8. The standard InChI is InChI=1S/C16H17FN2O2/c1-2-3-11-19(12-7-5-4-6-8-12)15-14(17)13(16(20)21)9-10-18-15/h4-10H,2-3,11H2,1H3,(H,20,21). The van der Waals surface area contributed by atoms with E-state index in [2.05, 4.69) is 4.98 Å². The number of unbranched alkanes of at least 4 members (excludes halogenated alkanes) is 1. The average molecular weight is 288 g/mol. The molecule has 0 saturated heterocycles. The molecule has 2 rings (SSSR count). The quantitative estimate of drug-likeness (QED) is 0.877. The highest BCUT2D eigenvalue weighted by Gasteiger charge is 2.20. The van der Waals surface area contributed by atoms with Gasteiger partial charge in [-0.1, -0.05) is 31.5 Å². The zero-order valence-corrected chi connectivity index (χ0v) is 11.8. The zero-order chi connectivity index (χ0) is 15.2. The predicted molar refractivity (Wildman–Crippen MR) is 79.5 cm³/mol. The van der Waals surface area contributed by atoms with Crippen LogP contribution in [0.3, 0.4) is 0 Å². The molecule has 1 aromatic heterocycles. The first-order valence-corrected chi connectivity index (χ1v) is 6.85. The van der Waals surface area contributed by atoms with Crippen molar-refractivity contribution < 1.29 is 14.3 Å². The fourth-order valence-electron chi connectivity index (χ4n) is 2.07. The van der Waals surface area contributed by atoms with E-state index in [-0.39, 0.29) is 11.4 Å². The first-order chi connectivity index (χ1) is 10.1. The number of nitrogens with zero attached hydrogens (tertiary/aromatic N) is 2. The van der Waals surface area contributed by atoms with Crippen molar-refractivity contribution in [3.05, 3.63) is 54.0 Å². The number of pyridine rings is 1. The molecule has 1 aromatic carbocycles. The molecule has 0 aliphatic heterocycles. The van der Waals surface area contributed by atoms with Crippen molar-refractivity contribution in [2.75, 3.05) is 11.4 Å². The molecule has 0 unspecified atom stereocenters. The van der Waals surface area contributed by atoms with E-state index in [1.54, 1.807) is 4.90 Å². The van der Waals surface area contributed by atoms with Crippen LogP contribution in [-0.2, 0) is 0 Å². The smallest absolute Gasteiger partial charge is 0.338 e. The van der Waals surface area contributed by atoms with E-state index in [0.717, 1.165) is 18.5 Å². The van der Waals surface area contributed by atoms with Crippen molar-refractivity contribution >= 4 is 17.5 Å². The molecule has 4 nitrogen and oxygen atoms in total. The van der Waals surface area contributed by atoms with Crippen LogP contribution >= 0.6 is 0 Å². The summed E-state index contributed by atoms with van der Waals surface area (Å²) in [6.07, 6.45) is 3.13. The van der Waals surface area contributed by atoms with Gasteiger partial charge in [-0.25, -0.2) is 14.2 Å². The lowest BCUT2D eigenvalue weighted by Crippen LogP contribution is -2.22. The fraction of sp³-hybridized carbons (Fsp3) is 0.250. The highest BCUT2D eigenvalue weighted by atomic mass is 19.1. The van der Waals surface area contributed by atoms with Crippen LogP contribution in [0.15, 0.2) is 42.6 Å². The molecule has 0 saturated carbocycles. The Morgan fingerprint density at radius 2 is 2.00 bits per heavy atom. The molecule has 21 heavy (non-hydrogen) atoms. The number of carboxylic acid groups (broad SMARTS) is 1. The molecule has 5 heteroatoms. The number of benzene rings is 1. The second kappa shape index (κ2) is 6.83. The summed E-state index contributed by atoms with van der Waals surface area (Å²) in [5.74, 6) is -2.04. The Morgan fingerprint density at radius 3 is 2.62 bits per heavy atom. The van der Waals surface area contributed by atoms with Gasteiger partial charge in [-0.15, -0.1) is 0 Å². The van der Waals surface area contributed by atoms with Crippen LogP contribution in [0.4, 0.5) is 15.9 Å². The predicted octanol–water partition coefficient (Wildman–Crippen LogP) is 3.86. The van der Waals surface area contributed by atoms with E-state index in [1.807, 2.05) is 37.3 Å². The van der Waals surface area contributed by atoms with E-state index >= 15 is 0 Å². The molecule has 0 amide bonds. The van der Waals surface area contributed by atoms with Crippen LogP contribution in [0.1, 0.15) is 30.1 Å². The summed E-state index contributed by atoms with van der Waals surface area (Å²) >= 11 is 0. The van der Waals surface area contributed by atoms with E-state index in [0.29, 0.717) is 6.54 Å². The molecule has 0 radical (unpaired) electrons. The third-order valence-corrected chi connectivity index (χ3v) is 3.16. The van der Waals surface area contributed by atoms with Gasteiger partial charge in [0.1, 0.15) is 5.56 Å². The van der Waals surface area contributed by atoms with Crippen LogP contribution in [0.2, 0.25) is 0 Å². The van der Waals surface area contributed by atoms with Gasteiger partial charge >= 0.3 is 5.97 Å². The summed E-state index contributed by atoms with van der Waals surface area (Å²) in [5, 5.41) is 9.03. The molecule has 0 bridgehead atoms. The van der Waals surface area contributed by atoms with Crippen LogP contribution < -0.4 is 4.90 Å². The van der Waals surface area contributed by atoms with Crippen LogP contribution in [0.5, 0.6) is 0 Å². The minimum Gasteiger partial charge on any atom is -0.478 e. The summed E-state index contributed by atoms with van der Waals surface area (Å²) in [6.45, 7) is 2.62. The van der Waals surface area contributed by atoms with Gasteiger partial charge < -0.3 is 10.0 Å².